The Morgan fingerprint density at radius 3 is 2.92 bits per heavy atom. The summed E-state index contributed by atoms with van der Waals surface area (Å²) in [5.41, 5.74) is 0.482. The van der Waals surface area contributed by atoms with Gasteiger partial charge in [0.2, 0.25) is 0 Å². The molecule has 1 heterocycles. The summed E-state index contributed by atoms with van der Waals surface area (Å²) >= 11 is 5.95. The monoisotopic (exact) mass is 353 g/mol. The second kappa shape index (κ2) is 8.51. The number of carbonyl (C=O) groups is 1. The lowest BCUT2D eigenvalue weighted by Gasteiger charge is -2.16. The van der Waals surface area contributed by atoms with Crippen molar-refractivity contribution < 1.29 is 14.3 Å². The number of amides is 2. The Balaban J connectivity index is 2.02. The van der Waals surface area contributed by atoms with Crippen LogP contribution in [0.3, 0.4) is 0 Å². The molecule has 1 atom stereocenters. The van der Waals surface area contributed by atoms with Crippen molar-refractivity contribution in [1.82, 2.24) is 20.1 Å². The van der Waals surface area contributed by atoms with Gasteiger partial charge in [-0.15, -0.1) is 10.2 Å². The fourth-order valence-electron chi connectivity index (χ4n) is 2.16. The fourth-order valence-corrected chi connectivity index (χ4v) is 2.33. The third kappa shape index (κ3) is 4.59. The summed E-state index contributed by atoms with van der Waals surface area (Å²) in [7, 11) is 3.14. The number of hydrogen-bond donors (Lipinski definition) is 2. The molecule has 0 saturated heterocycles. The zero-order chi connectivity index (χ0) is 17.5. The Morgan fingerprint density at radius 2 is 2.21 bits per heavy atom. The number of halogens is 1. The molecule has 130 valence electrons. The van der Waals surface area contributed by atoms with Crippen LogP contribution < -0.4 is 15.4 Å². The highest BCUT2D eigenvalue weighted by Crippen LogP contribution is 2.27. The van der Waals surface area contributed by atoms with E-state index in [1.165, 1.54) is 7.11 Å². The van der Waals surface area contributed by atoms with Crippen molar-refractivity contribution in [1.29, 1.82) is 0 Å². The maximum atomic E-state index is 12.2. The van der Waals surface area contributed by atoms with Gasteiger partial charge >= 0.3 is 6.03 Å². The molecule has 2 amide bonds. The van der Waals surface area contributed by atoms with E-state index in [2.05, 4.69) is 20.8 Å². The molecule has 0 fully saturated rings. The summed E-state index contributed by atoms with van der Waals surface area (Å²) in [5.74, 6) is 1.16. The molecular formula is C15H20ClN5O3. The summed E-state index contributed by atoms with van der Waals surface area (Å²) in [6, 6.07) is 4.25. The van der Waals surface area contributed by atoms with Gasteiger partial charge in [0.25, 0.3) is 0 Å². The normalized spacial score (nSPS) is 11.8. The highest BCUT2D eigenvalue weighted by atomic mass is 35.5. The summed E-state index contributed by atoms with van der Waals surface area (Å²) in [6.07, 6.45) is 1.60. The number of methoxy groups -OCH3 is 2. The molecule has 0 aliphatic carbocycles. The van der Waals surface area contributed by atoms with Crippen LogP contribution in [0.1, 0.15) is 18.8 Å². The van der Waals surface area contributed by atoms with Crippen molar-refractivity contribution in [3.63, 3.8) is 0 Å². The first-order valence-corrected chi connectivity index (χ1v) is 7.70. The standard InChI is InChI=1S/C15H20ClN5O3/c1-10(14-20-17-9-21(14)6-7-23-2)18-15(22)19-12-8-11(16)4-5-13(12)24-3/h4-5,8-10H,6-7H2,1-3H3,(H2,18,19,22)/t10-/m0/s1. The number of urea groups is 1. The van der Waals surface area contributed by atoms with E-state index in [-0.39, 0.29) is 6.04 Å². The van der Waals surface area contributed by atoms with Crippen LogP contribution in [0.2, 0.25) is 5.02 Å². The number of nitrogens with one attached hydrogen (secondary N) is 2. The molecular weight excluding hydrogens is 334 g/mol. The molecule has 0 aliphatic rings. The van der Waals surface area contributed by atoms with Gasteiger partial charge in [-0.2, -0.15) is 0 Å². The van der Waals surface area contributed by atoms with Gasteiger partial charge in [0.05, 0.1) is 25.4 Å². The van der Waals surface area contributed by atoms with Gasteiger partial charge < -0.3 is 24.7 Å². The lowest BCUT2D eigenvalue weighted by molar-refractivity contribution is 0.185. The SMILES string of the molecule is COCCn1cnnc1[C@H](C)NC(=O)Nc1cc(Cl)ccc1OC. The Labute approximate surface area is 145 Å². The van der Waals surface area contributed by atoms with Gasteiger partial charge in [-0.25, -0.2) is 4.79 Å². The average Bonchev–Trinajstić information content (AvgIpc) is 3.01. The van der Waals surface area contributed by atoms with Crippen LogP contribution in [0, 0.1) is 0 Å². The van der Waals surface area contributed by atoms with Gasteiger partial charge in [0.1, 0.15) is 12.1 Å². The Hall–Kier alpha value is -2.32. The molecule has 24 heavy (non-hydrogen) atoms. The van der Waals surface area contributed by atoms with Gasteiger partial charge in [-0.1, -0.05) is 11.6 Å². The fraction of sp³-hybridized carbons (Fsp3) is 0.400. The minimum absolute atomic E-state index is 0.338. The molecule has 2 rings (SSSR count). The molecule has 9 heteroatoms. The highest BCUT2D eigenvalue weighted by molar-refractivity contribution is 6.31. The third-order valence-electron chi connectivity index (χ3n) is 3.33. The van der Waals surface area contributed by atoms with Crippen molar-refractivity contribution in [2.75, 3.05) is 26.1 Å². The van der Waals surface area contributed by atoms with Crippen molar-refractivity contribution in [2.24, 2.45) is 0 Å². The van der Waals surface area contributed by atoms with Crippen LogP contribution in [-0.2, 0) is 11.3 Å². The van der Waals surface area contributed by atoms with Gasteiger partial charge in [-0.05, 0) is 25.1 Å². The second-order valence-electron chi connectivity index (χ2n) is 5.04. The molecule has 8 nitrogen and oxygen atoms in total. The first kappa shape index (κ1) is 18.0. The first-order valence-electron chi connectivity index (χ1n) is 7.32. The van der Waals surface area contributed by atoms with E-state index in [9.17, 15) is 4.79 Å². The molecule has 0 radical (unpaired) electrons. The van der Waals surface area contributed by atoms with Crippen LogP contribution in [0.4, 0.5) is 10.5 Å². The average molecular weight is 354 g/mol. The number of aromatic nitrogens is 3. The molecule has 0 bridgehead atoms. The molecule has 0 saturated carbocycles. The second-order valence-corrected chi connectivity index (χ2v) is 5.48. The van der Waals surface area contributed by atoms with E-state index >= 15 is 0 Å². The minimum atomic E-state index is -0.399. The number of ether oxygens (including phenoxy) is 2. The Kier molecular flexibility index (Phi) is 6.39. The minimum Gasteiger partial charge on any atom is -0.495 e. The zero-order valence-corrected chi connectivity index (χ0v) is 14.5. The zero-order valence-electron chi connectivity index (χ0n) is 13.7. The first-order chi connectivity index (χ1) is 11.5. The quantitative estimate of drug-likeness (QED) is 0.798. The topological polar surface area (TPSA) is 90.3 Å². The smallest absolute Gasteiger partial charge is 0.319 e. The molecule has 1 aromatic carbocycles. The van der Waals surface area contributed by atoms with Gasteiger partial charge in [-0.3, -0.25) is 0 Å². The number of carbonyl (C=O) groups excluding carboxylic acids is 1. The maximum absolute atomic E-state index is 12.2. The number of anilines is 1. The summed E-state index contributed by atoms with van der Waals surface area (Å²) in [5, 5.41) is 13.9. The largest absolute Gasteiger partial charge is 0.495 e. The number of hydrogen-bond acceptors (Lipinski definition) is 5. The highest BCUT2D eigenvalue weighted by Gasteiger charge is 2.16. The van der Waals surface area contributed by atoms with Gasteiger partial charge in [0, 0.05) is 18.7 Å². The van der Waals surface area contributed by atoms with Crippen LogP contribution in [0.5, 0.6) is 5.75 Å². The van der Waals surface area contributed by atoms with Crippen molar-refractivity contribution in [3.05, 3.63) is 35.4 Å². The molecule has 2 aromatic rings. The summed E-state index contributed by atoms with van der Waals surface area (Å²) in [6.45, 7) is 2.96. The summed E-state index contributed by atoms with van der Waals surface area (Å²) < 4.78 is 12.1. The molecule has 0 unspecified atom stereocenters. The van der Waals surface area contributed by atoms with E-state index in [4.69, 9.17) is 21.1 Å². The predicted molar refractivity (Wildman–Crippen MR) is 90.5 cm³/mol. The lowest BCUT2D eigenvalue weighted by atomic mass is 10.3. The van der Waals surface area contributed by atoms with Crippen molar-refractivity contribution in [2.45, 2.75) is 19.5 Å². The van der Waals surface area contributed by atoms with Crippen LogP contribution in [0.25, 0.3) is 0 Å². The summed E-state index contributed by atoms with van der Waals surface area (Å²) in [4.78, 5) is 12.2. The Morgan fingerprint density at radius 1 is 1.42 bits per heavy atom. The van der Waals surface area contributed by atoms with Crippen LogP contribution in [-0.4, -0.2) is 41.6 Å². The predicted octanol–water partition coefficient (Wildman–Crippen LogP) is 2.47. The van der Waals surface area contributed by atoms with E-state index in [1.54, 1.807) is 31.6 Å². The van der Waals surface area contributed by atoms with Gasteiger partial charge in [0.15, 0.2) is 5.82 Å². The van der Waals surface area contributed by atoms with Crippen LogP contribution >= 0.6 is 11.6 Å². The Bertz CT molecular complexity index is 691. The lowest BCUT2D eigenvalue weighted by Crippen LogP contribution is -2.32. The number of benzene rings is 1. The van der Waals surface area contributed by atoms with E-state index in [0.29, 0.717) is 35.4 Å². The van der Waals surface area contributed by atoms with E-state index in [1.807, 2.05) is 11.5 Å². The number of rotatable bonds is 7. The molecule has 0 aliphatic heterocycles. The van der Waals surface area contributed by atoms with Crippen molar-refractivity contribution in [3.8, 4) is 5.75 Å². The van der Waals surface area contributed by atoms with Crippen molar-refractivity contribution >= 4 is 23.3 Å². The third-order valence-corrected chi connectivity index (χ3v) is 3.56. The molecule has 2 N–H and O–H groups in total. The van der Waals surface area contributed by atoms with Crippen LogP contribution in [0.15, 0.2) is 24.5 Å². The van der Waals surface area contributed by atoms with E-state index < -0.39 is 6.03 Å². The van der Waals surface area contributed by atoms with E-state index in [0.717, 1.165) is 0 Å². The molecule has 0 spiro atoms. The number of nitrogens with zero attached hydrogens (tertiary/aromatic N) is 3. The molecule has 1 aromatic heterocycles. The maximum Gasteiger partial charge on any atom is 0.319 e.